The zero-order chi connectivity index (χ0) is 10.1. The maximum atomic E-state index is 5.96. The van der Waals surface area contributed by atoms with Crippen LogP contribution in [-0.2, 0) is 6.42 Å². The third kappa shape index (κ3) is 1.39. The maximum Gasteiger partial charge on any atom is 0.0833 e. The molecule has 1 aliphatic heterocycles. The van der Waals surface area contributed by atoms with Crippen LogP contribution in [-0.4, -0.2) is 20.6 Å². The van der Waals surface area contributed by atoms with Crippen LogP contribution in [0, 0.1) is 0 Å². The summed E-state index contributed by atoms with van der Waals surface area (Å²) in [6.45, 7) is 1.05. The molecule has 0 bridgehead atoms. The van der Waals surface area contributed by atoms with Gasteiger partial charge in [0.1, 0.15) is 0 Å². The van der Waals surface area contributed by atoms with Crippen molar-refractivity contribution in [2.75, 3.05) is 36.6 Å². The second-order valence-corrected chi connectivity index (χ2v) is 3.96. The van der Waals surface area contributed by atoms with Crippen molar-refractivity contribution in [1.29, 1.82) is 0 Å². The number of nitrogens with two attached hydrogens (primary N) is 1. The second kappa shape index (κ2) is 3.40. The molecule has 0 aliphatic carbocycles. The Labute approximate surface area is 84.9 Å². The first-order valence-electron chi connectivity index (χ1n) is 5.02. The molecule has 0 spiro atoms. The summed E-state index contributed by atoms with van der Waals surface area (Å²) in [6, 6.07) is 4.13. The number of rotatable bonds is 1. The van der Waals surface area contributed by atoms with Gasteiger partial charge in [-0.15, -0.1) is 0 Å². The molecule has 0 saturated carbocycles. The maximum absolute atomic E-state index is 5.96. The lowest BCUT2D eigenvalue weighted by molar-refractivity contribution is 0.829. The molecule has 0 saturated heterocycles. The minimum Gasteiger partial charge on any atom is -0.397 e. The van der Waals surface area contributed by atoms with Crippen LogP contribution in [0.4, 0.5) is 17.1 Å². The van der Waals surface area contributed by atoms with Crippen molar-refractivity contribution < 1.29 is 0 Å². The highest BCUT2D eigenvalue weighted by Gasteiger charge is 2.15. The van der Waals surface area contributed by atoms with Gasteiger partial charge in [-0.05, 0) is 24.5 Å². The molecule has 0 fully saturated rings. The average Bonchev–Trinajstić information content (AvgIpc) is 2.17. The Morgan fingerprint density at radius 2 is 2.14 bits per heavy atom. The molecule has 3 nitrogen and oxygen atoms in total. The molecule has 0 atom stereocenters. The molecule has 3 N–H and O–H groups in total. The minimum atomic E-state index is 0.850. The number of benzene rings is 1. The normalized spacial score (nSPS) is 14.4. The molecule has 0 amide bonds. The molecule has 1 aromatic carbocycles. The fourth-order valence-corrected chi connectivity index (χ4v) is 2.03. The zero-order valence-electron chi connectivity index (χ0n) is 8.80. The van der Waals surface area contributed by atoms with E-state index < -0.39 is 0 Å². The van der Waals surface area contributed by atoms with E-state index in [4.69, 9.17) is 5.73 Å². The summed E-state index contributed by atoms with van der Waals surface area (Å²) < 4.78 is 0. The number of anilines is 3. The van der Waals surface area contributed by atoms with Gasteiger partial charge in [-0.2, -0.15) is 0 Å². The molecule has 1 heterocycles. The fraction of sp³-hybridized carbons (Fsp3) is 0.455. The molecule has 0 radical (unpaired) electrons. The van der Waals surface area contributed by atoms with E-state index in [0.29, 0.717) is 0 Å². The summed E-state index contributed by atoms with van der Waals surface area (Å²) in [6.07, 6.45) is 2.37. The van der Waals surface area contributed by atoms with E-state index in [-0.39, 0.29) is 0 Å². The van der Waals surface area contributed by atoms with E-state index in [0.717, 1.165) is 24.3 Å². The summed E-state index contributed by atoms with van der Waals surface area (Å²) in [7, 11) is 4.06. The molecule has 0 unspecified atom stereocenters. The molecular formula is C11H17N3. The SMILES string of the molecule is CN(C)c1c(N)ccc2c1NCCC2. The molecule has 1 aliphatic rings. The average molecular weight is 191 g/mol. The predicted molar refractivity (Wildman–Crippen MR) is 62.0 cm³/mol. The zero-order valence-corrected chi connectivity index (χ0v) is 8.80. The molecule has 1 aromatic rings. The van der Waals surface area contributed by atoms with Crippen molar-refractivity contribution in [1.82, 2.24) is 0 Å². The predicted octanol–water partition coefficient (Wildman–Crippen LogP) is 1.69. The monoisotopic (exact) mass is 191 g/mol. The van der Waals surface area contributed by atoms with Crippen LogP contribution in [0.15, 0.2) is 12.1 Å². The number of nitrogen functional groups attached to an aromatic ring is 1. The first-order valence-corrected chi connectivity index (χ1v) is 5.02. The molecule has 2 rings (SSSR count). The largest absolute Gasteiger partial charge is 0.397 e. The molecule has 76 valence electrons. The van der Waals surface area contributed by atoms with Crippen molar-refractivity contribution in [2.45, 2.75) is 12.8 Å². The number of hydrogen-bond acceptors (Lipinski definition) is 3. The third-order valence-corrected chi connectivity index (χ3v) is 2.67. The van der Waals surface area contributed by atoms with Crippen molar-refractivity contribution in [3.8, 4) is 0 Å². The van der Waals surface area contributed by atoms with Crippen molar-refractivity contribution in [3.05, 3.63) is 17.7 Å². The Balaban J connectivity index is 2.55. The number of fused-ring (bicyclic) bond motifs is 1. The quantitative estimate of drug-likeness (QED) is 0.664. The Hall–Kier alpha value is -1.38. The fourth-order valence-electron chi connectivity index (χ4n) is 2.03. The topological polar surface area (TPSA) is 41.3 Å². The van der Waals surface area contributed by atoms with E-state index in [9.17, 15) is 0 Å². The standard InChI is InChI=1S/C11H17N3/c1-14(2)11-9(12)6-5-8-4-3-7-13-10(8)11/h5-6,13H,3-4,7,12H2,1-2H3. The minimum absolute atomic E-state index is 0.850. The van der Waals surface area contributed by atoms with Gasteiger partial charge in [0.15, 0.2) is 0 Å². The Bertz CT molecular complexity index is 345. The highest BCUT2D eigenvalue weighted by Crippen LogP contribution is 2.36. The van der Waals surface area contributed by atoms with E-state index in [1.54, 1.807) is 0 Å². The smallest absolute Gasteiger partial charge is 0.0833 e. The second-order valence-electron chi connectivity index (χ2n) is 3.96. The van der Waals surface area contributed by atoms with Crippen LogP contribution in [0.1, 0.15) is 12.0 Å². The van der Waals surface area contributed by atoms with E-state index >= 15 is 0 Å². The van der Waals surface area contributed by atoms with Crippen molar-refractivity contribution >= 4 is 17.1 Å². The number of nitrogens with one attached hydrogen (secondary N) is 1. The number of nitrogens with zero attached hydrogens (tertiary/aromatic N) is 1. The summed E-state index contributed by atoms with van der Waals surface area (Å²) >= 11 is 0. The first-order chi connectivity index (χ1) is 6.70. The van der Waals surface area contributed by atoms with Gasteiger partial charge in [0.25, 0.3) is 0 Å². The van der Waals surface area contributed by atoms with Gasteiger partial charge in [0.05, 0.1) is 17.1 Å². The van der Waals surface area contributed by atoms with Gasteiger partial charge in [-0.3, -0.25) is 0 Å². The van der Waals surface area contributed by atoms with E-state index in [1.807, 2.05) is 20.2 Å². The Morgan fingerprint density at radius 3 is 2.86 bits per heavy atom. The van der Waals surface area contributed by atoms with Gasteiger partial charge in [0.2, 0.25) is 0 Å². The molecule has 0 aromatic heterocycles. The summed E-state index contributed by atoms with van der Waals surface area (Å²) in [4.78, 5) is 2.08. The van der Waals surface area contributed by atoms with Gasteiger partial charge in [-0.25, -0.2) is 0 Å². The van der Waals surface area contributed by atoms with Gasteiger partial charge in [-0.1, -0.05) is 6.07 Å². The van der Waals surface area contributed by atoms with Crippen LogP contribution >= 0.6 is 0 Å². The molecular weight excluding hydrogens is 174 g/mol. The lowest BCUT2D eigenvalue weighted by Crippen LogP contribution is -2.19. The number of hydrogen-bond donors (Lipinski definition) is 2. The lowest BCUT2D eigenvalue weighted by atomic mass is 10.0. The van der Waals surface area contributed by atoms with Crippen LogP contribution in [0.3, 0.4) is 0 Å². The third-order valence-electron chi connectivity index (χ3n) is 2.67. The lowest BCUT2D eigenvalue weighted by Gasteiger charge is -2.26. The summed E-state index contributed by atoms with van der Waals surface area (Å²) in [5.74, 6) is 0. The van der Waals surface area contributed by atoms with E-state index in [2.05, 4.69) is 16.3 Å². The van der Waals surface area contributed by atoms with Gasteiger partial charge < -0.3 is 16.0 Å². The van der Waals surface area contributed by atoms with E-state index in [1.165, 1.54) is 17.7 Å². The van der Waals surface area contributed by atoms with Crippen LogP contribution < -0.4 is 16.0 Å². The molecule has 14 heavy (non-hydrogen) atoms. The number of aryl methyl sites for hydroxylation is 1. The Kier molecular flexibility index (Phi) is 2.23. The first kappa shape index (κ1) is 9.19. The summed E-state index contributed by atoms with van der Waals surface area (Å²) in [5, 5.41) is 3.43. The van der Waals surface area contributed by atoms with Crippen molar-refractivity contribution in [2.24, 2.45) is 0 Å². The van der Waals surface area contributed by atoms with Crippen LogP contribution in [0.2, 0.25) is 0 Å². The highest BCUT2D eigenvalue weighted by molar-refractivity contribution is 5.84. The molecule has 3 heteroatoms. The van der Waals surface area contributed by atoms with Gasteiger partial charge in [0, 0.05) is 20.6 Å². The highest BCUT2D eigenvalue weighted by atomic mass is 15.1. The van der Waals surface area contributed by atoms with Gasteiger partial charge >= 0.3 is 0 Å². The summed E-state index contributed by atoms with van der Waals surface area (Å²) in [5.41, 5.74) is 10.5. The van der Waals surface area contributed by atoms with Crippen molar-refractivity contribution in [3.63, 3.8) is 0 Å². The Morgan fingerprint density at radius 1 is 1.36 bits per heavy atom. The van der Waals surface area contributed by atoms with Crippen LogP contribution in [0.25, 0.3) is 0 Å². The van der Waals surface area contributed by atoms with Crippen LogP contribution in [0.5, 0.6) is 0 Å².